The molecule has 0 bridgehead atoms. The Balaban J connectivity index is 1.80. The van der Waals surface area contributed by atoms with Gasteiger partial charge in [0.2, 0.25) is 5.95 Å². The Labute approximate surface area is 158 Å². The number of halogens is 3. The van der Waals surface area contributed by atoms with E-state index >= 15 is 0 Å². The summed E-state index contributed by atoms with van der Waals surface area (Å²) >= 11 is 0. The van der Waals surface area contributed by atoms with Crippen molar-refractivity contribution in [2.75, 3.05) is 17.7 Å². The van der Waals surface area contributed by atoms with E-state index in [1.54, 1.807) is 24.3 Å². The Hall–Kier alpha value is -3.62. The van der Waals surface area contributed by atoms with Crippen molar-refractivity contribution in [2.24, 2.45) is 0 Å². The molecule has 1 aromatic heterocycles. The molecule has 0 aliphatic heterocycles. The van der Waals surface area contributed by atoms with Gasteiger partial charge in [0.05, 0.1) is 18.4 Å². The monoisotopic (exact) mass is 388 g/mol. The van der Waals surface area contributed by atoms with Crippen LogP contribution in [0.3, 0.4) is 0 Å². The number of carbonyl (C=O) groups excluding carboxylic acids is 1. The fourth-order valence-electron chi connectivity index (χ4n) is 2.40. The zero-order valence-electron chi connectivity index (χ0n) is 14.6. The molecule has 0 saturated carbocycles. The Morgan fingerprint density at radius 2 is 1.86 bits per heavy atom. The van der Waals surface area contributed by atoms with E-state index in [1.807, 2.05) is 0 Å². The molecule has 2 aromatic carbocycles. The molecule has 3 aromatic rings. The van der Waals surface area contributed by atoms with Gasteiger partial charge in [-0.1, -0.05) is 18.2 Å². The lowest BCUT2D eigenvalue weighted by molar-refractivity contribution is -0.136. The predicted molar refractivity (Wildman–Crippen MR) is 97.7 cm³/mol. The van der Waals surface area contributed by atoms with E-state index in [0.29, 0.717) is 11.4 Å². The second-order valence-corrected chi connectivity index (χ2v) is 5.62. The van der Waals surface area contributed by atoms with Crippen molar-refractivity contribution in [2.45, 2.75) is 6.18 Å². The van der Waals surface area contributed by atoms with E-state index in [2.05, 4.69) is 20.6 Å². The molecule has 0 atom stereocenters. The van der Waals surface area contributed by atoms with Gasteiger partial charge in [0.25, 0.3) is 5.91 Å². The van der Waals surface area contributed by atoms with Crippen LogP contribution >= 0.6 is 0 Å². The Morgan fingerprint density at radius 1 is 1.07 bits per heavy atom. The molecule has 1 amide bonds. The molecule has 0 spiro atoms. The van der Waals surface area contributed by atoms with Crippen molar-refractivity contribution < 1.29 is 22.7 Å². The van der Waals surface area contributed by atoms with Crippen molar-refractivity contribution in [3.8, 4) is 5.75 Å². The Kier molecular flexibility index (Phi) is 5.44. The van der Waals surface area contributed by atoms with E-state index in [-0.39, 0.29) is 17.3 Å². The second kappa shape index (κ2) is 7.95. The number of ether oxygens (including phenoxy) is 1. The minimum Gasteiger partial charge on any atom is -0.497 e. The maximum Gasteiger partial charge on any atom is 0.418 e. The Morgan fingerprint density at radius 3 is 2.61 bits per heavy atom. The lowest BCUT2D eigenvalue weighted by atomic mass is 10.1. The van der Waals surface area contributed by atoms with Crippen LogP contribution in [-0.4, -0.2) is 23.0 Å². The van der Waals surface area contributed by atoms with Crippen LogP contribution in [0.1, 0.15) is 16.1 Å². The quantitative estimate of drug-likeness (QED) is 0.673. The molecule has 2 N–H and O–H groups in total. The minimum atomic E-state index is -4.54. The molecule has 6 nitrogen and oxygen atoms in total. The van der Waals surface area contributed by atoms with Crippen LogP contribution < -0.4 is 15.4 Å². The summed E-state index contributed by atoms with van der Waals surface area (Å²) in [4.78, 5) is 20.3. The molecule has 0 radical (unpaired) electrons. The normalized spacial score (nSPS) is 11.0. The van der Waals surface area contributed by atoms with Gasteiger partial charge in [-0.2, -0.15) is 13.2 Å². The maximum atomic E-state index is 13.1. The number of para-hydroxylation sites is 1. The fourth-order valence-corrected chi connectivity index (χ4v) is 2.40. The first kappa shape index (κ1) is 19.2. The third-order valence-electron chi connectivity index (χ3n) is 3.69. The minimum absolute atomic E-state index is 0.00944. The molecular weight excluding hydrogens is 373 g/mol. The van der Waals surface area contributed by atoms with Crippen LogP contribution in [0.2, 0.25) is 0 Å². The molecule has 0 fully saturated rings. The number of benzene rings is 2. The lowest BCUT2D eigenvalue weighted by Crippen LogP contribution is -2.15. The van der Waals surface area contributed by atoms with E-state index in [4.69, 9.17) is 4.74 Å². The van der Waals surface area contributed by atoms with Crippen molar-refractivity contribution >= 4 is 23.2 Å². The highest BCUT2D eigenvalue weighted by Gasteiger charge is 2.33. The third-order valence-corrected chi connectivity index (χ3v) is 3.69. The molecular formula is C19H15F3N4O2. The van der Waals surface area contributed by atoms with E-state index in [9.17, 15) is 18.0 Å². The molecule has 0 unspecified atom stereocenters. The zero-order valence-corrected chi connectivity index (χ0v) is 14.6. The standard InChI is InChI=1S/C19H15F3N4O2/c1-28-13-6-4-5-12(11-13)24-17(27)16-9-10-23-18(26-16)25-15-8-3-2-7-14(15)19(20,21)22/h2-11H,1H3,(H,24,27)(H,23,25,26). The van der Waals surface area contributed by atoms with E-state index in [1.165, 1.54) is 37.6 Å². The zero-order chi connectivity index (χ0) is 20.1. The van der Waals surface area contributed by atoms with Crippen molar-refractivity contribution in [1.29, 1.82) is 0 Å². The van der Waals surface area contributed by atoms with Crippen LogP contribution in [-0.2, 0) is 6.18 Å². The summed E-state index contributed by atoms with van der Waals surface area (Å²) in [5.74, 6) is -0.107. The third kappa shape index (κ3) is 4.56. The van der Waals surface area contributed by atoms with Crippen molar-refractivity contribution in [3.05, 3.63) is 72.1 Å². The molecule has 0 aliphatic rings. The highest BCUT2D eigenvalue weighted by Crippen LogP contribution is 2.35. The lowest BCUT2D eigenvalue weighted by Gasteiger charge is -2.13. The number of hydrogen-bond acceptors (Lipinski definition) is 5. The first-order chi connectivity index (χ1) is 13.4. The highest BCUT2D eigenvalue weighted by atomic mass is 19.4. The molecule has 0 aliphatic carbocycles. The summed E-state index contributed by atoms with van der Waals surface area (Å²) in [6, 6.07) is 13.0. The van der Waals surface area contributed by atoms with Gasteiger partial charge in [-0.05, 0) is 30.3 Å². The summed E-state index contributed by atoms with van der Waals surface area (Å²) in [6.07, 6.45) is -3.25. The second-order valence-electron chi connectivity index (χ2n) is 5.62. The van der Waals surface area contributed by atoms with Gasteiger partial charge in [-0.3, -0.25) is 4.79 Å². The largest absolute Gasteiger partial charge is 0.497 e. The fraction of sp³-hybridized carbons (Fsp3) is 0.105. The molecule has 144 valence electrons. The van der Waals surface area contributed by atoms with E-state index < -0.39 is 17.6 Å². The van der Waals surface area contributed by atoms with Gasteiger partial charge < -0.3 is 15.4 Å². The topological polar surface area (TPSA) is 76.1 Å². The number of aromatic nitrogens is 2. The molecule has 1 heterocycles. The number of nitrogens with one attached hydrogen (secondary N) is 2. The highest BCUT2D eigenvalue weighted by molar-refractivity contribution is 6.03. The summed E-state index contributed by atoms with van der Waals surface area (Å²) in [5.41, 5.74) is -0.588. The summed E-state index contributed by atoms with van der Waals surface area (Å²) in [7, 11) is 1.50. The molecule has 3 rings (SSSR count). The average molecular weight is 388 g/mol. The van der Waals surface area contributed by atoms with Gasteiger partial charge in [0.1, 0.15) is 11.4 Å². The van der Waals surface area contributed by atoms with Crippen LogP contribution in [0.15, 0.2) is 60.8 Å². The first-order valence-corrected chi connectivity index (χ1v) is 8.08. The number of amides is 1. The van der Waals surface area contributed by atoms with Gasteiger partial charge in [-0.25, -0.2) is 9.97 Å². The molecule has 0 saturated heterocycles. The average Bonchev–Trinajstić information content (AvgIpc) is 2.68. The van der Waals surface area contributed by atoms with Gasteiger partial charge in [0, 0.05) is 18.0 Å². The number of alkyl halides is 3. The number of hydrogen-bond donors (Lipinski definition) is 2. The molecule has 28 heavy (non-hydrogen) atoms. The number of rotatable bonds is 5. The smallest absolute Gasteiger partial charge is 0.418 e. The Bertz CT molecular complexity index is 993. The van der Waals surface area contributed by atoms with Gasteiger partial charge in [0.15, 0.2) is 0 Å². The van der Waals surface area contributed by atoms with Crippen LogP contribution in [0.4, 0.5) is 30.5 Å². The number of nitrogens with zero attached hydrogens (tertiary/aromatic N) is 2. The number of anilines is 3. The van der Waals surface area contributed by atoms with Crippen molar-refractivity contribution in [3.63, 3.8) is 0 Å². The SMILES string of the molecule is COc1cccc(NC(=O)c2ccnc(Nc3ccccc3C(F)(F)F)n2)c1. The van der Waals surface area contributed by atoms with Crippen molar-refractivity contribution in [1.82, 2.24) is 9.97 Å². The van der Waals surface area contributed by atoms with Crippen LogP contribution in [0.25, 0.3) is 0 Å². The summed E-state index contributed by atoms with van der Waals surface area (Å²) < 4.78 is 44.4. The maximum absolute atomic E-state index is 13.1. The van der Waals surface area contributed by atoms with Crippen LogP contribution in [0, 0.1) is 0 Å². The van der Waals surface area contributed by atoms with Gasteiger partial charge >= 0.3 is 6.18 Å². The first-order valence-electron chi connectivity index (χ1n) is 8.08. The van der Waals surface area contributed by atoms with Gasteiger partial charge in [-0.15, -0.1) is 0 Å². The van der Waals surface area contributed by atoms with Crippen LogP contribution in [0.5, 0.6) is 5.75 Å². The number of carbonyl (C=O) groups is 1. The predicted octanol–water partition coefficient (Wildman–Crippen LogP) is 4.50. The summed E-state index contributed by atoms with van der Waals surface area (Å²) in [5, 5.41) is 5.16. The number of methoxy groups -OCH3 is 1. The van der Waals surface area contributed by atoms with E-state index in [0.717, 1.165) is 6.07 Å². The summed E-state index contributed by atoms with van der Waals surface area (Å²) in [6.45, 7) is 0. The molecule has 9 heteroatoms.